The summed E-state index contributed by atoms with van der Waals surface area (Å²) in [7, 11) is -4.23. The number of ether oxygens (including phenoxy) is 2. The van der Waals surface area contributed by atoms with Crippen molar-refractivity contribution in [2.24, 2.45) is 0 Å². The predicted molar refractivity (Wildman–Crippen MR) is 183 cm³/mol. The van der Waals surface area contributed by atoms with Gasteiger partial charge in [-0.1, -0.05) is 18.2 Å². The molecule has 12 nitrogen and oxygen atoms in total. The zero-order valence-electron chi connectivity index (χ0n) is 27.5. The molecule has 0 radical (unpaired) electrons. The van der Waals surface area contributed by atoms with Crippen LogP contribution in [-0.4, -0.2) is 71.2 Å². The number of nitrogens with zero attached hydrogens (tertiary/aromatic N) is 5. The van der Waals surface area contributed by atoms with Crippen molar-refractivity contribution in [3.8, 4) is 23.3 Å². The average molecular weight is 705 g/mol. The topological polar surface area (TPSA) is 147 Å². The molecule has 1 atom stereocenters. The number of hydrogen-bond acceptors (Lipinski definition) is 8. The number of alkyl halides is 1. The molecule has 0 spiro atoms. The molecule has 0 bridgehead atoms. The van der Waals surface area contributed by atoms with Gasteiger partial charge in [-0.05, 0) is 87.2 Å². The van der Waals surface area contributed by atoms with Crippen LogP contribution in [0.25, 0.3) is 22.2 Å². The van der Waals surface area contributed by atoms with Crippen molar-refractivity contribution < 1.29 is 31.5 Å². The van der Waals surface area contributed by atoms with Crippen molar-refractivity contribution in [3.63, 3.8) is 0 Å². The lowest BCUT2D eigenvalue weighted by Crippen LogP contribution is -2.39. The van der Waals surface area contributed by atoms with Crippen molar-refractivity contribution in [1.82, 2.24) is 18.8 Å². The van der Waals surface area contributed by atoms with Gasteiger partial charge in [0.05, 0.1) is 22.3 Å². The Kier molecular flexibility index (Phi) is 9.34. The molecule has 6 rings (SSSR count). The molecule has 0 saturated carbocycles. The van der Waals surface area contributed by atoms with Gasteiger partial charge in [0.15, 0.2) is 11.6 Å². The lowest BCUT2D eigenvalue weighted by molar-refractivity contribution is 0.0273. The highest BCUT2D eigenvalue weighted by Crippen LogP contribution is 2.35. The standard InChI is InChI=1S/C35H34F2N6O6S/c1-35(2,3)49-34(45)41-15-4-5-23(19-41)22-6-8-25(9-7-22)43-21-39-30-12-10-26(17-27(30)33(43)44)48-32-28(18-38)31(13-11-29(32)37)40-50(46,47)42-16-14-24(36)20-42/h5-13,17,21,24,40H,4,14-16,19-20H2,1-3H3/t24-/m1/s1. The van der Waals surface area contributed by atoms with Gasteiger partial charge in [-0.2, -0.15) is 18.0 Å². The largest absolute Gasteiger partial charge is 0.453 e. The molecule has 1 fully saturated rings. The molecule has 1 saturated heterocycles. The van der Waals surface area contributed by atoms with Crippen molar-refractivity contribution in [1.29, 1.82) is 5.26 Å². The molecule has 260 valence electrons. The number of anilines is 1. The molecule has 3 aromatic carbocycles. The summed E-state index contributed by atoms with van der Waals surface area (Å²) < 4.78 is 70.1. The highest BCUT2D eigenvalue weighted by atomic mass is 32.2. The van der Waals surface area contributed by atoms with Crippen LogP contribution in [-0.2, 0) is 14.9 Å². The summed E-state index contributed by atoms with van der Waals surface area (Å²) in [6.07, 6.45) is 2.49. The van der Waals surface area contributed by atoms with Gasteiger partial charge in [-0.25, -0.2) is 18.6 Å². The maximum atomic E-state index is 15.0. The minimum atomic E-state index is -4.23. The third kappa shape index (κ3) is 7.31. The van der Waals surface area contributed by atoms with Gasteiger partial charge < -0.3 is 14.4 Å². The fourth-order valence-corrected chi connectivity index (χ4v) is 6.98. The molecule has 1 amide bonds. The van der Waals surface area contributed by atoms with E-state index in [0.29, 0.717) is 30.7 Å². The van der Waals surface area contributed by atoms with E-state index in [-0.39, 0.29) is 42.4 Å². The van der Waals surface area contributed by atoms with Crippen LogP contribution >= 0.6 is 0 Å². The fourth-order valence-electron chi connectivity index (χ4n) is 5.70. The molecule has 4 aromatic rings. The molecular weight excluding hydrogens is 670 g/mol. The number of hydrogen-bond donors (Lipinski definition) is 1. The van der Waals surface area contributed by atoms with Crippen LogP contribution in [0.3, 0.4) is 0 Å². The SMILES string of the molecule is CC(C)(C)OC(=O)N1CCC=C(c2ccc(-n3cnc4ccc(Oc5c(F)ccc(NS(=O)(=O)N6CC[C@@H](F)C6)c5C#N)cc4c3=O)cc2)C1. The Hall–Kier alpha value is -5.33. The normalized spacial score (nSPS) is 16.9. The molecule has 50 heavy (non-hydrogen) atoms. The van der Waals surface area contributed by atoms with E-state index in [1.165, 1.54) is 29.1 Å². The molecule has 2 aliphatic heterocycles. The summed E-state index contributed by atoms with van der Waals surface area (Å²) in [6, 6.07) is 15.3. The Morgan fingerprint density at radius 1 is 1.10 bits per heavy atom. The summed E-state index contributed by atoms with van der Waals surface area (Å²) >= 11 is 0. The van der Waals surface area contributed by atoms with Crippen LogP contribution in [0.2, 0.25) is 0 Å². The summed E-state index contributed by atoms with van der Waals surface area (Å²) in [5.74, 6) is -1.50. The quantitative estimate of drug-likeness (QED) is 0.250. The van der Waals surface area contributed by atoms with Crippen LogP contribution in [0.1, 0.15) is 44.7 Å². The van der Waals surface area contributed by atoms with Crippen molar-refractivity contribution in [3.05, 3.63) is 94.3 Å². The van der Waals surface area contributed by atoms with E-state index in [0.717, 1.165) is 27.6 Å². The van der Waals surface area contributed by atoms with Gasteiger partial charge in [0.25, 0.3) is 5.56 Å². The number of rotatable bonds is 7. The minimum absolute atomic E-state index is 0.00139. The monoisotopic (exact) mass is 704 g/mol. The first-order valence-electron chi connectivity index (χ1n) is 15.8. The Morgan fingerprint density at radius 2 is 1.86 bits per heavy atom. The van der Waals surface area contributed by atoms with Crippen LogP contribution in [0, 0.1) is 17.1 Å². The number of nitrogens with one attached hydrogen (secondary N) is 1. The summed E-state index contributed by atoms with van der Waals surface area (Å²) in [5, 5.41) is 10.0. The Labute approximate surface area is 287 Å². The molecular formula is C35H34F2N6O6S. The second-order valence-electron chi connectivity index (χ2n) is 12.9. The number of halogens is 2. The molecule has 2 aliphatic rings. The number of amides is 1. The van der Waals surface area contributed by atoms with Gasteiger partial charge in [-0.3, -0.25) is 14.1 Å². The number of aromatic nitrogens is 2. The second-order valence-corrected chi connectivity index (χ2v) is 14.6. The number of carbonyl (C=O) groups is 1. The van der Waals surface area contributed by atoms with E-state index in [1.54, 1.807) is 23.1 Å². The number of nitriles is 1. The number of carbonyl (C=O) groups excluding carboxylic acids is 1. The zero-order chi connectivity index (χ0) is 35.8. The first-order chi connectivity index (χ1) is 23.7. The first kappa shape index (κ1) is 34.5. The van der Waals surface area contributed by atoms with E-state index >= 15 is 4.39 Å². The Bertz CT molecular complexity index is 2210. The van der Waals surface area contributed by atoms with Gasteiger partial charge in [-0.15, -0.1) is 0 Å². The molecule has 1 aromatic heterocycles. The number of benzene rings is 3. The number of fused-ring (bicyclic) bond motifs is 1. The second kappa shape index (κ2) is 13.5. The Morgan fingerprint density at radius 3 is 2.54 bits per heavy atom. The van der Waals surface area contributed by atoms with Gasteiger partial charge in [0.2, 0.25) is 0 Å². The minimum Gasteiger partial charge on any atom is -0.453 e. The summed E-state index contributed by atoms with van der Waals surface area (Å²) in [6.45, 7) is 6.03. The van der Waals surface area contributed by atoms with Crippen molar-refractivity contribution in [2.75, 3.05) is 30.9 Å². The van der Waals surface area contributed by atoms with E-state index in [4.69, 9.17) is 9.47 Å². The lowest BCUT2D eigenvalue weighted by Gasteiger charge is -2.30. The molecule has 3 heterocycles. The van der Waals surface area contributed by atoms with Gasteiger partial charge in [0, 0.05) is 26.2 Å². The van der Waals surface area contributed by atoms with Crippen LogP contribution in [0.5, 0.6) is 11.5 Å². The highest BCUT2D eigenvalue weighted by molar-refractivity contribution is 7.90. The average Bonchev–Trinajstić information content (AvgIpc) is 3.53. The lowest BCUT2D eigenvalue weighted by atomic mass is 10.0. The molecule has 15 heteroatoms. The first-order valence-corrected chi connectivity index (χ1v) is 17.3. The van der Waals surface area contributed by atoms with Crippen LogP contribution in [0.15, 0.2) is 71.8 Å². The van der Waals surface area contributed by atoms with E-state index in [2.05, 4.69) is 15.8 Å². The van der Waals surface area contributed by atoms with Crippen molar-refractivity contribution >= 4 is 38.5 Å². The van der Waals surface area contributed by atoms with Crippen LogP contribution in [0.4, 0.5) is 19.3 Å². The predicted octanol–water partition coefficient (Wildman–Crippen LogP) is 5.91. The van der Waals surface area contributed by atoms with Gasteiger partial charge >= 0.3 is 16.3 Å². The smallest absolute Gasteiger partial charge is 0.410 e. The van der Waals surface area contributed by atoms with Crippen LogP contribution < -0.4 is 15.0 Å². The van der Waals surface area contributed by atoms with E-state index < -0.39 is 44.7 Å². The molecule has 0 unspecified atom stereocenters. The maximum absolute atomic E-state index is 15.0. The van der Waals surface area contributed by atoms with Crippen molar-refractivity contribution in [2.45, 2.75) is 45.4 Å². The van der Waals surface area contributed by atoms with E-state index in [1.807, 2.05) is 32.9 Å². The summed E-state index contributed by atoms with van der Waals surface area (Å²) in [4.78, 5) is 32.3. The zero-order valence-corrected chi connectivity index (χ0v) is 28.3. The molecule has 0 aliphatic carbocycles. The maximum Gasteiger partial charge on any atom is 0.410 e. The summed E-state index contributed by atoms with van der Waals surface area (Å²) in [5.41, 5.74) is 0.959. The van der Waals surface area contributed by atoms with Gasteiger partial charge in [0.1, 0.15) is 35.5 Å². The highest BCUT2D eigenvalue weighted by Gasteiger charge is 2.32. The van der Waals surface area contributed by atoms with E-state index in [9.17, 15) is 27.7 Å². The third-order valence-electron chi connectivity index (χ3n) is 8.16. The Balaban J connectivity index is 1.24. The third-order valence-corrected chi connectivity index (χ3v) is 9.65. The molecule has 1 N–H and O–H groups in total. The fraction of sp³-hybridized carbons (Fsp3) is 0.314.